The minimum absolute atomic E-state index is 0.122. The molecule has 180 valence electrons. The van der Waals surface area contributed by atoms with Crippen LogP contribution in [-0.4, -0.2) is 46.0 Å². The largest absolute Gasteiger partial charge is 0.412 e. The third-order valence-corrected chi connectivity index (χ3v) is 13.1. The van der Waals surface area contributed by atoms with Crippen LogP contribution in [0.2, 0.25) is 18.1 Å². The molecule has 0 radical (unpaired) electrons. The summed E-state index contributed by atoms with van der Waals surface area (Å²) in [5, 5.41) is 15.5. The van der Waals surface area contributed by atoms with Gasteiger partial charge in [-0.1, -0.05) is 81.4 Å². The predicted octanol–water partition coefficient (Wildman–Crippen LogP) is 5.64. The number of aromatic nitrogens is 4. The molecule has 2 aliphatic rings. The number of hydrogen-bond donors (Lipinski definition) is 1. The molecule has 34 heavy (non-hydrogen) atoms. The summed E-state index contributed by atoms with van der Waals surface area (Å²) in [5.74, 6) is 1.14. The molecule has 7 heteroatoms. The van der Waals surface area contributed by atoms with E-state index in [0.29, 0.717) is 6.04 Å². The van der Waals surface area contributed by atoms with E-state index in [1.165, 1.54) is 11.1 Å². The van der Waals surface area contributed by atoms with Crippen LogP contribution in [-0.2, 0) is 16.5 Å². The first-order valence-electron chi connectivity index (χ1n) is 12.5. The van der Waals surface area contributed by atoms with Gasteiger partial charge in [0.2, 0.25) is 0 Å². The minimum Gasteiger partial charge on any atom is -0.412 e. The molecule has 0 spiro atoms. The normalized spacial score (nSPS) is 27.7. The highest BCUT2D eigenvalue weighted by Gasteiger charge is 2.61. The molecule has 2 aromatic carbocycles. The number of tetrazole rings is 1. The third kappa shape index (κ3) is 3.93. The first-order valence-corrected chi connectivity index (χ1v) is 15.4. The molecule has 4 atom stereocenters. The molecule has 1 aromatic heterocycles. The lowest BCUT2D eigenvalue weighted by molar-refractivity contribution is -0.0600. The highest BCUT2D eigenvalue weighted by Crippen LogP contribution is 2.58. The van der Waals surface area contributed by atoms with Gasteiger partial charge < -0.3 is 4.43 Å². The van der Waals surface area contributed by atoms with Crippen molar-refractivity contribution in [2.45, 2.75) is 88.3 Å². The Morgan fingerprint density at radius 2 is 1.71 bits per heavy atom. The number of nitrogens with one attached hydrogen (secondary N) is 1. The van der Waals surface area contributed by atoms with Gasteiger partial charge in [-0.2, -0.15) is 0 Å². The van der Waals surface area contributed by atoms with Gasteiger partial charge in [0.1, 0.15) is 0 Å². The second kappa shape index (κ2) is 8.70. The van der Waals surface area contributed by atoms with Crippen LogP contribution in [0.4, 0.5) is 0 Å². The van der Waals surface area contributed by atoms with E-state index in [1.807, 2.05) is 0 Å². The van der Waals surface area contributed by atoms with E-state index < -0.39 is 8.32 Å². The fourth-order valence-corrected chi connectivity index (χ4v) is 7.24. The van der Waals surface area contributed by atoms with E-state index in [4.69, 9.17) is 4.43 Å². The molecule has 4 unspecified atom stereocenters. The minimum atomic E-state index is -2.00. The topological polar surface area (TPSA) is 66.9 Å². The Morgan fingerprint density at radius 3 is 2.32 bits per heavy atom. The molecule has 0 saturated carbocycles. The molecule has 3 heterocycles. The number of H-pyrrole nitrogens is 1. The summed E-state index contributed by atoms with van der Waals surface area (Å²) in [5.41, 5.74) is 2.44. The van der Waals surface area contributed by atoms with Crippen LogP contribution < -0.4 is 0 Å². The van der Waals surface area contributed by atoms with E-state index in [0.717, 1.165) is 31.6 Å². The smallest absolute Gasteiger partial charge is 0.192 e. The molecular weight excluding hydrogens is 438 g/mol. The van der Waals surface area contributed by atoms with Crippen LogP contribution in [0.25, 0.3) is 0 Å². The molecular formula is C27H37N5OSi. The highest BCUT2D eigenvalue weighted by molar-refractivity contribution is 6.74. The SMILES string of the molecule is CC(C)(C)[Si](C)(C)OC1CCC2C(c3nnn[nH]3)CC1(c1ccccc1)N2Cc1ccccc1. The van der Waals surface area contributed by atoms with Gasteiger partial charge in [0.15, 0.2) is 14.1 Å². The molecule has 5 rings (SSSR count). The summed E-state index contributed by atoms with van der Waals surface area (Å²) in [4.78, 5) is 2.73. The van der Waals surface area contributed by atoms with E-state index >= 15 is 0 Å². The first kappa shape index (κ1) is 23.4. The number of aromatic amines is 1. The fraction of sp³-hybridized carbons (Fsp3) is 0.519. The van der Waals surface area contributed by atoms with Gasteiger partial charge in [-0.3, -0.25) is 4.90 Å². The zero-order valence-corrected chi connectivity index (χ0v) is 22.0. The van der Waals surface area contributed by atoms with Crippen molar-refractivity contribution in [1.29, 1.82) is 0 Å². The maximum absolute atomic E-state index is 7.30. The van der Waals surface area contributed by atoms with Gasteiger partial charge in [-0.25, -0.2) is 5.10 Å². The fourth-order valence-electron chi connectivity index (χ4n) is 5.86. The molecule has 0 amide bonds. The van der Waals surface area contributed by atoms with Crippen molar-refractivity contribution in [2.75, 3.05) is 0 Å². The van der Waals surface area contributed by atoms with Gasteiger partial charge >= 0.3 is 0 Å². The van der Waals surface area contributed by atoms with Crippen molar-refractivity contribution < 1.29 is 4.43 Å². The summed E-state index contributed by atoms with van der Waals surface area (Å²) in [7, 11) is -2.00. The van der Waals surface area contributed by atoms with Crippen LogP contribution in [0.5, 0.6) is 0 Å². The van der Waals surface area contributed by atoms with Gasteiger partial charge in [-0.15, -0.1) is 5.10 Å². The lowest BCUT2D eigenvalue weighted by Gasteiger charge is -2.53. The van der Waals surface area contributed by atoms with E-state index in [2.05, 4.69) is 120 Å². The van der Waals surface area contributed by atoms with Gasteiger partial charge in [0.05, 0.1) is 11.6 Å². The van der Waals surface area contributed by atoms with Crippen LogP contribution in [0.15, 0.2) is 60.7 Å². The zero-order valence-electron chi connectivity index (χ0n) is 21.0. The van der Waals surface area contributed by atoms with E-state index in [9.17, 15) is 0 Å². The molecule has 2 fully saturated rings. The number of piperidine rings is 1. The second-order valence-corrected chi connectivity index (χ2v) is 16.3. The second-order valence-electron chi connectivity index (χ2n) is 11.5. The number of nitrogens with zero attached hydrogens (tertiary/aromatic N) is 4. The van der Waals surface area contributed by atoms with Crippen LogP contribution in [0, 0.1) is 0 Å². The summed E-state index contributed by atoms with van der Waals surface area (Å²) >= 11 is 0. The Hall–Kier alpha value is -2.35. The average Bonchev–Trinajstić information content (AvgIpc) is 3.41. The molecule has 1 N–H and O–H groups in total. The Morgan fingerprint density at radius 1 is 1.03 bits per heavy atom. The molecule has 0 aliphatic carbocycles. The van der Waals surface area contributed by atoms with E-state index in [1.54, 1.807) is 0 Å². The van der Waals surface area contributed by atoms with E-state index in [-0.39, 0.29) is 22.6 Å². The Balaban J connectivity index is 1.64. The zero-order chi connectivity index (χ0) is 24.0. The Bertz CT molecular complexity index is 1080. The maximum Gasteiger partial charge on any atom is 0.192 e. The van der Waals surface area contributed by atoms with Crippen LogP contribution in [0.1, 0.15) is 62.9 Å². The molecule has 2 saturated heterocycles. The third-order valence-electron chi connectivity index (χ3n) is 8.59. The van der Waals surface area contributed by atoms with Crippen LogP contribution >= 0.6 is 0 Å². The lowest BCUT2D eigenvalue weighted by atomic mass is 9.78. The van der Waals surface area contributed by atoms with Crippen molar-refractivity contribution in [3.05, 3.63) is 77.6 Å². The summed E-state index contributed by atoms with van der Waals surface area (Å²) in [6.45, 7) is 12.6. The summed E-state index contributed by atoms with van der Waals surface area (Å²) in [6.07, 6.45) is 3.20. The van der Waals surface area contributed by atoms with Crippen molar-refractivity contribution in [1.82, 2.24) is 25.5 Å². The predicted molar refractivity (Wildman–Crippen MR) is 137 cm³/mol. The molecule has 2 bridgehead atoms. The van der Waals surface area contributed by atoms with Gasteiger partial charge in [0, 0.05) is 18.5 Å². The van der Waals surface area contributed by atoms with Gasteiger partial charge in [-0.05, 0) is 58.9 Å². The molecule has 6 nitrogen and oxygen atoms in total. The number of benzene rings is 2. The number of fused-ring (bicyclic) bond motifs is 2. The monoisotopic (exact) mass is 475 g/mol. The number of rotatable bonds is 6. The standard InChI is InChI=1S/C27H37N5OSi/c1-26(2,3)34(4,5)33-24-17-16-23-22(25-28-30-31-29-25)18-27(24,21-14-10-7-11-15-21)32(23)19-20-12-8-6-9-13-20/h6-15,22-24H,16-19H2,1-5H3,(H,28,29,30,31). The molecule has 3 aromatic rings. The maximum atomic E-state index is 7.30. The highest BCUT2D eigenvalue weighted by atomic mass is 28.4. The number of hydrogen-bond acceptors (Lipinski definition) is 5. The lowest BCUT2D eigenvalue weighted by Crippen LogP contribution is -2.59. The average molecular weight is 476 g/mol. The Kier molecular flexibility index (Phi) is 5.98. The quantitative estimate of drug-likeness (QED) is 0.468. The van der Waals surface area contributed by atoms with Crippen molar-refractivity contribution in [3.63, 3.8) is 0 Å². The van der Waals surface area contributed by atoms with Crippen molar-refractivity contribution >= 4 is 8.32 Å². The van der Waals surface area contributed by atoms with Crippen molar-refractivity contribution in [3.8, 4) is 0 Å². The summed E-state index contributed by atoms with van der Waals surface area (Å²) in [6, 6.07) is 22.2. The molecule has 2 aliphatic heterocycles. The first-order chi connectivity index (χ1) is 16.2. The van der Waals surface area contributed by atoms with Crippen LogP contribution in [0.3, 0.4) is 0 Å². The summed E-state index contributed by atoms with van der Waals surface area (Å²) < 4.78 is 7.30. The van der Waals surface area contributed by atoms with Crippen molar-refractivity contribution in [2.24, 2.45) is 0 Å². The van der Waals surface area contributed by atoms with Gasteiger partial charge in [0.25, 0.3) is 0 Å². The Labute approximate surface area is 204 Å².